The number of hydrogen-bond acceptors (Lipinski definition) is 4. The smallest absolute Gasteiger partial charge is 0.251 e. The third-order valence-electron chi connectivity index (χ3n) is 5.14. The molecule has 0 radical (unpaired) electrons. The van der Waals surface area contributed by atoms with Gasteiger partial charge in [0, 0.05) is 30.8 Å². The number of methoxy groups -OCH3 is 2. The fraction of sp³-hybridized carbons (Fsp3) is 0.391. The van der Waals surface area contributed by atoms with Crippen LogP contribution < -0.4 is 19.7 Å². The van der Waals surface area contributed by atoms with Crippen LogP contribution in [0.5, 0.6) is 11.5 Å². The number of ether oxygens (including phenoxy) is 2. The second-order valence-corrected chi connectivity index (χ2v) is 7.10. The Kier molecular flexibility index (Phi) is 7.11. The minimum atomic E-state index is -0.103. The summed E-state index contributed by atoms with van der Waals surface area (Å²) in [5.41, 5.74) is 2.59. The Bertz CT molecular complexity index is 848. The molecule has 6 nitrogen and oxygen atoms in total. The van der Waals surface area contributed by atoms with Crippen molar-refractivity contribution >= 4 is 17.5 Å². The van der Waals surface area contributed by atoms with Crippen molar-refractivity contribution in [2.75, 3.05) is 32.2 Å². The van der Waals surface area contributed by atoms with Crippen LogP contribution in [0.25, 0.3) is 0 Å². The molecule has 3 rings (SSSR count). The summed E-state index contributed by atoms with van der Waals surface area (Å²) in [6, 6.07) is 13.1. The first-order chi connectivity index (χ1) is 14.1. The van der Waals surface area contributed by atoms with Gasteiger partial charge in [0.2, 0.25) is 5.91 Å². The summed E-state index contributed by atoms with van der Waals surface area (Å²) in [6.45, 7) is 1.33. The van der Waals surface area contributed by atoms with Crippen molar-refractivity contribution in [3.8, 4) is 11.5 Å². The molecule has 1 saturated heterocycles. The van der Waals surface area contributed by atoms with Gasteiger partial charge in [-0.1, -0.05) is 6.07 Å². The number of nitrogens with zero attached hydrogens (tertiary/aromatic N) is 1. The highest BCUT2D eigenvalue weighted by molar-refractivity contribution is 5.96. The third-order valence-corrected chi connectivity index (χ3v) is 5.14. The van der Waals surface area contributed by atoms with E-state index < -0.39 is 0 Å². The van der Waals surface area contributed by atoms with Crippen LogP contribution in [0.4, 0.5) is 5.69 Å². The highest BCUT2D eigenvalue weighted by atomic mass is 16.5. The number of nitrogens with one attached hydrogen (secondary N) is 1. The molecule has 1 N–H and O–H groups in total. The quantitative estimate of drug-likeness (QED) is 0.693. The molecule has 0 bridgehead atoms. The van der Waals surface area contributed by atoms with Gasteiger partial charge >= 0.3 is 0 Å². The number of carbonyl (C=O) groups is 2. The number of amides is 2. The van der Waals surface area contributed by atoms with Crippen molar-refractivity contribution in [1.82, 2.24) is 5.32 Å². The molecule has 0 unspecified atom stereocenters. The molecule has 1 aliphatic rings. The lowest BCUT2D eigenvalue weighted by Crippen LogP contribution is -2.35. The normalized spacial score (nSPS) is 13.9. The Balaban J connectivity index is 1.47. The Morgan fingerprint density at radius 2 is 1.79 bits per heavy atom. The number of benzene rings is 2. The van der Waals surface area contributed by atoms with Crippen LogP contribution in [0.1, 0.15) is 41.6 Å². The van der Waals surface area contributed by atoms with Crippen molar-refractivity contribution in [2.24, 2.45) is 0 Å². The molecule has 6 heteroatoms. The first-order valence-corrected chi connectivity index (χ1v) is 10.0. The average molecular weight is 396 g/mol. The van der Waals surface area contributed by atoms with Gasteiger partial charge in [-0.25, -0.2) is 0 Å². The fourth-order valence-electron chi connectivity index (χ4n) is 3.50. The topological polar surface area (TPSA) is 67.9 Å². The molecule has 1 fully saturated rings. The molecule has 0 aliphatic carbocycles. The predicted octanol–water partition coefficient (Wildman–Crippen LogP) is 3.58. The first kappa shape index (κ1) is 20.7. The van der Waals surface area contributed by atoms with Crippen molar-refractivity contribution in [3.05, 3.63) is 53.6 Å². The molecule has 0 spiro atoms. The summed E-state index contributed by atoms with van der Waals surface area (Å²) in [5.74, 6) is 1.47. The van der Waals surface area contributed by atoms with Gasteiger partial charge in [0.05, 0.1) is 14.2 Å². The molecule has 154 valence electrons. The highest BCUT2D eigenvalue weighted by Crippen LogP contribution is 2.28. The largest absolute Gasteiger partial charge is 0.493 e. The van der Waals surface area contributed by atoms with E-state index in [1.807, 2.05) is 30.3 Å². The van der Waals surface area contributed by atoms with Gasteiger partial charge < -0.3 is 19.7 Å². The minimum Gasteiger partial charge on any atom is -0.493 e. The van der Waals surface area contributed by atoms with Crippen LogP contribution in [-0.2, 0) is 11.2 Å². The molecular weight excluding hydrogens is 368 g/mol. The monoisotopic (exact) mass is 396 g/mol. The molecular formula is C23H28N2O4. The Labute approximate surface area is 171 Å². The second-order valence-electron chi connectivity index (χ2n) is 7.10. The molecule has 2 aromatic rings. The van der Waals surface area contributed by atoms with E-state index in [2.05, 4.69) is 5.32 Å². The van der Waals surface area contributed by atoms with Gasteiger partial charge in [0.15, 0.2) is 11.5 Å². The van der Waals surface area contributed by atoms with E-state index in [-0.39, 0.29) is 11.8 Å². The van der Waals surface area contributed by atoms with Crippen LogP contribution in [0.2, 0.25) is 0 Å². The van der Waals surface area contributed by atoms with Gasteiger partial charge in [0.25, 0.3) is 5.91 Å². The van der Waals surface area contributed by atoms with Crippen LogP contribution in [-0.4, -0.2) is 39.1 Å². The molecule has 2 amide bonds. The number of piperidine rings is 1. The summed E-state index contributed by atoms with van der Waals surface area (Å²) < 4.78 is 10.6. The van der Waals surface area contributed by atoms with Gasteiger partial charge in [0.1, 0.15) is 0 Å². The molecule has 2 aromatic carbocycles. The van der Waals surface area contributed by atoms with E-state index in [9.17, 15) is 9.59 Å². The van der Waals surface area contributed by atoms with Gasteiger partial charge in [-0.15, -0.1) is 0 Å². The maximum atomic E-state index is 12.4. The van der Waals surface area contributed by atoms with E-state index in [0.717, 1.165) is 43.5 Å². The lowest BCUT2D eigenvalue weighted by molar-refractivity contribution is -0.119. The minimum absolute atomic E-state index is 0.103. The Morgan fingerprint density at radius 1 is 1.03 bits per heavy atom. The van der Waals surface area contributed by atoms with Crippen LogP contribution in [0, 0.1) is 0 Å². The molecule has 0 saturated carbocycles. The number of aryl methyl sites for hydroxylation is 1. The van der Waals surface area contributed by atoms with E-state index in [4.69, 9.17) is 9.47 Å². The molecule has 29 heavy (non-hydrogen) atoms. The number of anilines is 1. The average Bonchev–Trinajstić information content (AvgIpc) is 2.77. The SMILES string of the molecule is COc1ccc(CCCNC(=O)c2ccc(N3CCCCC3=O)cc2)cc1OC. The van der Waals surface area contributed by atoms with Crippen molar-refractivity contribution in [3.63, 3.8) is 0 Å². The molecule has 1 heterocycles. The number of hydrogen-bond donors (Lipinski definition) is 1. The van der Waals surface area contributed by atoms with Gasteiger partial charge in [-0.05, 0) is 67.6 Å². The van der Waals surface area contributed by atoms with E-state index in [1.165, 1.54) is 0 Å². The number of carbonyl (C=O) groups excluding carboxylic acids is 2. The standard InChI is InChI=1S/C23H28N2O4/c1-28-20-13-8-17(16-21(20)29-2)6-5-14-24-23(27)18-9-11-19(12-10-18)25-15-4-3-7-22(25)26/h8-13,16H,3-7,14-15H2,1-2H3,(H,24,27). The summed E-state index contributed by atoms with van der Waals surface area (Å²) in [6.07, 6.45) is 4.23. The summed E-state index contributed by atoms with van der Waals surface area (Å²) >= 11 is 0. The summed E-state index contributed by atoms with van der Waals surface area (Å²) in [4.78, 5) is 26.2. The van der Waals surface area contributed by atoms with Crippen LogP contribution in [0.15, 0.2) is 42.5 Å². The zero-order valence-electron chi connectivity index (χ0n) is 17.1. The van der Waals surface area contributed by atoms with Gasteiger partial charge in [-0.3, -0.25) is 9.59 Å². The maximum Gasteiger partial charge on any atom is 0.251 e. The maximum absolute atomic E-state index is 12.4. The van der Waals surface area contributed by atoms with E-state index >= 15 is 0 Å². The third kappa shape index (κ3) is 5.28. The molecule has 0 aromatic heterocycles. The zero-order chi connectivity index (χ0) is 20.6. The predicted molar refractivity (Wildman–Crippen MR) is 113 cm³/mol. The first-order valence-electron chi connectivity index (χ1n) is 10.0. The Hall–Kier alpha value is -3.02. The van der Waals surface area contributed by atoms with Gasteiger partial charge in [-0.2, -0.15) is 0 Å². The Morgan fingerprint density at radius 3 is 2.48 bits per heavy atom. The van der Waals surface area contributed by atoms with Crippen LogP contribution >= 0.6 is 0 Å². The summed E-state index contributed by atoms with van der Waals surface area (Å²) in [5, 5.41) is 2.95. The zero-order valence-corrected chi connectivity index (χ0v) is 17.1. The van der Waals surface area contributed by atoms with E-state index in [0.29, 0.717) is 30.0 Å². The lowest BCUT2D eigenvalue weighted by Gasteiger charge is -2.26. The fourth-order valence-corrected chi connectivity index (χ4v) is 3.50. The highest BCUT2D eigenvalue weighted by Gasteiger charge is 2.19. The van der Waals surface area contributed by atoms with E-state index in [1.54, 1.807) is 31.3 Å². The van der Waals surface area contributed by atoms with Crippen molar-refractivity contribution in [1.29, 1.82) is 0 Å². The molecule has 1 aliphatic heterocycles. The van der Waals surface area contributed by atoms with Crippen molar-refractivity contribution < 1.29 is 19.1 Å². The van der Waals surface area contributed by atoms with Crippen LogP contribution in [0.3, 0.4) is 0 Å². The van der Waals surface area contributed by atoms with Crippen molar-refractivity contribution in [2.45, 2.75) is 32.1 Å². The molecule has 0 atom stereocenters. The number of rotatable bonds is 8. The lowest BCUT2D eigenvalue weighted by atomic mass is 10.1. The summed E-state index contributed by atoms with van der Waals surface area (Å²) in [7, 11) is 3.23. The second kappa shape index (κ2) is 9.96.